The summed E-state index contributed by atoms with van der Waals surface area (Å²) in [6.45, 7) is 17.3. The molecule has 1 aliphatic rings. The van der Waals surface area contributed by atoms with E-state index in [1.165, 1.54) is 225 Å². The van der Waals surface area contributed by atoms with E-state index in [1.54, 1.807) is 0 Å². The second kappa shape index (κ2) is 40.1. The summed E-state index contributed by atoms with van der Waals surface area (Å²) in [5, 5.41) is 0. The molecule has 1 fully saturated rings. The van der Waals surface area contributed by atoms with Crippen molar-refractivity contribution < 1.29 is 9.53 Å². The number of hydrogen-bond acceptors (Lipinski definition) is 4. The summed E-state index contributed by atoms with van der Waals surface area (Å²) in [5.41, 5.74) is 0. The number of hydrogen-bond donors (Lipinski definition) is 0. The summed E-state index contributed by atoms with van der Waals surface area (Å²) in [6.07, 6.45) is 51.1. The normalized spacial score (nSPS) is 14.5. The molecule has 1 saturated heterocycles. The van der Waals surface area contributed by atoms with Gasteiger partial charge < -0.3 is 14.5 Å². The number of carbonyl (C=O) groups is 1. The molecule has 0 aliphatic carbocycles. The maximum absolute atomic E-state index is 12.9. The Balaban J connectivity index is 2.25. The molecule has 1 rings (SSSR count). The fourth-order valence-corrected chi connectivity index (χ4v) is 8.17. The first-order valence-corrected chi connectivity index (χ1v) is 24.5. The van der Waals surface area contributed by atoms with Crippen molar-refractivity contribution in [2.24, 2.45) is 11.8 Å². The van der Waals surface area contributed by atoms with Gasteiger partial charge in [-0.15, -0.1) is 0 Å². The Morgan fingerprint density at radius 3 is 1.57 bits per heavy atom. The van der Waals surface area contributed by atoms with Crippen molar-refractivity contribution in [2.45, 2.75) is 233 Å². The van der Waals surface area contributed by atoms with Crippen LogP contribution in [0.3, 0.4) is 0 Å². The Hall–Kier alpha value is -1.13. The van der Waals surface area contributed by atoms with E-state index in [4.69, 9.17) is 4.74 Å². The Bertz CT molecular complexity index is 820. The first-order valence-electron chi connectivity index (χ1n) is 24.5. The van der Waals surface area contributed by atoms with Crippen molar-refractivity contribution in [1.82, 2.24) is 9.80 Å². The molecular formula is C50H96N2O2. The van der Waals surface area contributed by atoms with Gasteiger partial charge in [0.25, 0.3) is 0 Å². The Morgan fingerprint density at radius 1 is 0.556 bits per heavy atom. The number of likely N-dealkylation sites (tertiary alicyclic amines) is 1. The lowest BCUT2D eigenvalue weighted by Crippen LogP contribution is -2.30. The molecule has 1 atom stereocenters. The van der Waals surface area contributed by atoms with Crippen LogP contribution >= 0.6 is 0 Å². The molecule has 0 saturated carbocycles. The van der Waals surface area contributed by atoms with Gasteiger partial charge in [-0.25, -0.2) is 0 Å². The number of nitrogens with zero attached hydrogens (tertiary/aromatic N) is 2. The van der Waals surface area contributed by atoms with Crippen LogP contribution in [0.15, 0.2) is 24.3 Å². The van der Waals surface area contributed by atoms with Gasteiger partial charge in [0.15, 0.2) is 0 Å². The fourth-order valence-electron chi connectivity index (χ4n) is 8.17. The smallest absolute Gasteiger partial charge is 0.308 e. The van der Waals surface area contributed by atoms with Crippen LogP contribution in [0.5, 0.6) is 0 Å². The van der Waals surface area contributed by atoms with E-state index in [0.29, 0.717) is 12.5 Å². The van der Waals surface area contributed by atoms with Crippen LogP contribution in [0.25, 0.3) is 0 Å². The molecule has 1 aliphatic heterocycles. The maximum atomic E-state index is 12.9. The summed E-state index contributed by atoms with van der Waals surface area (Å²) >= 11 is 0. The highest BCUT2D eigenvalue weighted by atomic mass is 16.5. The zero-order valence-corrected chi connectivity index (χ0v) is 37.3. The van der Waals surface area contributed by atoms with Crippen molar-refractivity contribution in [2.75, 3.05) is 45.9 Å². The molecule has 0 N–H and O–H groups in total. The van der Waals surface area contributed by atoms with E-state index in [-0.39, 0.29) is 11.9 Å². The zero-order valence-electron chi connectivity index (χ0n) is 37.3. The lowest BCUT2D eigenvalue weighted by atomic mass is 9.95. The Morgan fingerprint density at radius 2 is 1.00 bits per heavy atom. The van der Waals surface area contributed by atoms with Crippen LogP contribution in [-0.4, -0.2) is 61.6 Å². The van der Waals surface area contributed by atoms with Crippen LogP contribution < -0.4 is 0 Å². The molecular weight excluding hydrogens is 661 g/mol. The summed E-state index contributed by atoms with van der Waals surface area (Å²) in [6, 6.07) is 0. The molecule has 0 radical (unpaired) electrons. The molecule has 0 bridgehead atoms. The molecule has 0 amide bonds. The third-order valence-electron chi connectivity index (χ3n) is 12.0. The molecule has 1 heterocycles. The van der Waals surface area contributed by atoms with Gasteiger partial charge in [-0.05, 0) is 129 Å². The molecule has 0 aromatic carbocycles. The highest BCUT2D eigenvalue weighted by Crippen LogP contribution is 2.21. The summed E-state index contributed by atoms with van der Waals surface area (Å²) in [7, 11) is 0. The molecule has 54 heavy (non-hydrogen) atoms. The van der Waals surface area contributed by atoms with Gasteiger partial charge in [0.05, 0.1) is 12.5 Å². The van der Waals surface area contributed by atoms with Crippen LogP contribution in [0, 0.1) is 11.8 Å². The summed E-state index contributed by atoms with van der Waals surface area (Å²) < 4.78 is 5.96. The van der Waals surface area contributed by atoms with Gasteiger partial charge in [-0.1, -0.05) is 174 Å². The third-order valence-corrected chi connectivity index (χ3v) is 12.0. The van der Waals surface area contributed by atoms with Crippen molar-refractivity contribution >= 4 is 5.97 Å². The standard InChI is InChI=1S/C50H96N2O2/c1-5-8-11-14-15-16-17-18-19-20-21-22-23-24-28-33-41-51(45-37-46-52-43-35-36-44-52)42-34-29-27-30-38-48(4)50(53)54-47-49(39-31-25-12-9-6-2)40-32-26-13-10-7-3/h15-16,18-19,48-49H,5-14,17,20-47H2,1-4H3/b16-15-,19-18-. The maximum Gasteiger partial charge on any atom is 0.308 e. The first-order chi connectivity index (χ1) is 26.6. The van der Waals surface area contributed by atoms with Gasteiger partial charge in [0, 0.05) is 0 Å². The number of unbranched alkanes of at least 4 members (excludes halogenated alkanes) is 20. The highest BCUT2D eigenvalue weighted by Gasteiger charge is 2.18. The quantitative estimate of drug-likeness (QED) is 0.0353. The van der Waals surface area contributed by atoms with E-state index in [0.717, 1.165) is 19.3 Å². The van der Waals surface area contributed by atoms with E-state index in [2.05, 4.69) is 61.8 Å². The summed E-state index contributed by atoms with van der Waals surface area (Å²) in [4.78, 5) is 18.4. The minimum absolute atomic E-state index is 0.0330. The zero-order chi connectivity index (χ0) is 39.0. The Labute approximate surface area is 339 Å². The number of carbonyl (C=O) groups excluding carboxylic acids is 1. The van der Waals surface area contributed by atoms with E-state index < -0.39 is 0 Å². The topological polar surface area (TPSA) is 32.8 Å². The number of allylic oxidation sites excluding steroid dienone is 4. The lowest BCUT2D eigenvalue weighted by Gasteiger charge is -2.24. The van der Waals surface area contributed by atoms with Gasteiger partial charge in [-0.3, -0.25) is 4.79 Å². The Kier molecular flexibility index (Phi) is 37.8. The van der Waals surface area contributed by atoms with E-state index in [1.807, 2.05) is 0 Å². The molecule has 1 unspecified atom stereocenters. The number of ether oxygens (including phenoxy) is 1. The second-order valence-corrected chi connectivity index (χ2v) is 17.3. The second-order valence-electron chi connectivity index (χ2n) is 17.3. The fraction of sp³-hybridized carbons (Fsp3) is 0.900. The monoisotopic (exact) mass is 757 g/mol. The number of rotatable bonds is 41. The third kappa shape index (κ3) is 33.1. The van der Waals surface area contributed by atoms with Crippen LogP contribution in [-0.2, 0) is 9.53 Å². The molecule has 4 nitrogen and oxygen atoms in total. The molecule has 318 valence electrons. The van der Waals surface area contributed by atoms with Crippen molar-refractivity contribution in [1.29, 1.82) is 0 Å². The van der Waals surface area contributed by atoms with Gasteiger partial charge in [0.2, 0.25) is 0 Å². The first kappa shape index (κ1) is 50.9. The van der Waals surface area contributed by atoms with Gasteiger partial charge in [0.1, 0.15) is 0 Å². The predicted molar refractivity (Wildman–Crippen MR) is 240 cm³/mol. The van der Waals surface area contributed by atoms with Gasteiger partial charge in [-0.2, -0.15) is 0 Å². The molecule has 4 heteroatoms. The average Bonchev–Trinajstić information content (AvgIpc) is 3.70. The van der Waals surface area contributed by atoms with E-state index in [9.17, 15) is 4.79 Å². The minimum atomic E-state index is 0.0330. The molecule has 0 aromatic rings. The largest absolute Gasteiger partial charge is 0.465 e. The van der Waals surface area contributed by atoms with Crippen molar-refractivity contribution in [3.8, 4) is 0 Å². The van der Waals surface area contributed by atoms with Crippen LogP contribution in [0.2, 0.25) is 0 Å². The van der Waals surface area contributed by atoms with Crippen molar-refractivity contribution in [3.63, 3.8) is 0 Å². The predicted octanol–water partition coefficient (Wildman–Crippen LogP) is 15.1. The lowest BCUT2D eigenvalue weighted by molar-refractivity contribution is -0.149. The van der Waals surface area contributed by atoms with E-state index >= 15 is 0 Å². The molecule has 0 aromatic heterocycles. The minimum Gasteiger partial charge on any atom is -0.465 e. The summed E-state index contributed by atoms with van der Waals surface area (Å²) in [5.74, 6) is 0.637. The molecule has 0 spiro atoms. The average molecular weight is 757 g/mol. The SMILES string of the molecule is CCCCC/C=C\C/C=C\CCCCCCCCN(CCCCCCC(C)C(=O)OCC(CCCCCCC)CCCCCCC)CCCN1CCCC1. The van der Waals surface area contributed by atoms with Crippen LogP contribution in [0.1, 0.15) is 233 Å². The highest BCUT2D eigenvalue weighted by molar-refractivity contribution is 5.71. The number of esters is 1. The van der Waals surface area contributed by atoms with Gasteiger partial charge >= 0.3 is 5.97 Å². The van der Waals surface area contributed by atoms with Crippen molar-refractivity contribution in [3.05, 3.63) is 24.3 Å². The van der Waals surface area contributed by atoms with Crippen LogP contribution in [0.4, 0.5) is 0 Å².